The molecule has 2 heteroatoms. The summed E-state index contributed by atoms with van der Waals surface area (Å²) in [4.78, 5) is 17.2. The molecule has 1 aliphatic heterocycles. The van der Waals surface area contributed by atoms with Gasteiger partial charge in [0.2, 0.25) is 5.78 Å². The zero-order chi connectivity index (χ0) is 13.5. The standard InChI is InChI=1S/C17H15NO/c1-17(2)14-11-7-6-10-13(14)16(19)15(18-17)12-8-4-3-5-9-12/h3-11H,1-2H3. The van der Waals surface area contributed by atoms with Gasteiger partial charge in [0.25, 0.3) is 0 Å². The van der Waals surface area contributed by atoms with Gasteiger partial charge in [-0.15, -0.1) is 0 Å². The van der Waals surface area contributed by atoms with Crippen LogP contribution < -0.4 is 0 Å². The third-order valence-electron chi connectivity index (χ3n) is 3.48. The second-order valence-electron chi connectivity index (χ2n) is 5.26. The number of ketones is 1. The number of hydrogen-bond donors (Lipinski definition) is 0. The predicted octanol–water partition coefficient (Wildman–Crippen LogP) is 3.61. The van der Waals surface area contributed by atoms with Gasteiger partial charge < -0.3 is 0 Å². The summed E-state index contributed by atoms with van der Waals surface area (Å²) in [6.07, 6.45) is 0. The highest BCUT2D eigenvalue weighted by molar-refractivity contribution is 6.52. The van der Waals surface area contributed by atoms with E-state index in [0.29, 0.717) is 5.71 Å². The quantitative estimate of drug-likeness (QED) is 0.759. The Morgan fingerprint density at radius 3 is 2.26 bits per heavy atom. The van der Waals surface area contributed by atoms with Crippen molar-refractivity contribution in [1.29, 1.82) is 0 Å². The summed E-state index contributed by atoms with van der Waals surface area (Å²) in [6.45, 7) is 4.09. The molecule has 2 nitrogen and oxygen atoms in total. The van der Waals surface area contributed by atoms with Gasteiger partial charge in [-0.25, -0.2) is 0 Å². The van der Waals surface area contributed by atoms with Crippen molar-refractivity contribution >= 4 is 11.5 Å². The molecule has 0 N–H and O–H groups in total. The molecule has 0 saturated heterocycles. The van der Waals surface area contributed by atoms with E-state index in [0.717, 1.165) is 16.7 Å². The van der Waals surface area contributed by atoms with Crippen LogP contribution in [0.5, 0.6) is 0 Å². The number of benzene rings is 2. The van der Waals surface area contributed by atoms with Crippen LogP contribution in [0.15, 0.2) is 59.6 Å². The first-order valence-electron chi connectivity index (χ1n) is 6.39. The number of hydrogen-bond acceptors (Lipinski definition) is 2. The summed E-state index contributed by atoms with van der Waals surface area (Å²) < 4.78 is 0. The minimum absolute atomic E-state index is 0.0149. The fourth-order valence-electron chi connectivity index (χ4n) is 2.52. The van der Waals surface area contributed by atoms with Crippen molar-refractivity contribution in [1.82, 2.24) is 0 Å². The van der Waals surface area contributed by atoms with Crippen molar-refractivity contribution in [2.24, 2.45) is 4.99 Å². The molecule has 0 aromatic heterocycles. The third-order valence-corrected chi connectivity index (χ3v) is 3.48. The van der Waals surface area contributed by atoms with Crippen molar-refractivity contribution in [2.45, 2.75) is 19.4 Å². The molecule has 1 aliphatic rings. The molecular weight excluding hydrogens is 234 g/mol. The molecule has 0 spiro atoms. The number of fused-ring (bicyclic) bond motifs is 1. The smallest absolute Gasteiger partial charge is 0.211 e. The lowest BCUT2D eigenvalue weighted by Gasteiger charge is -2.29. The molecule has 2 aromatic carbocycles. The Morgan fingerprint density at radius 2 is 1.53 bits per heavy atom. The van der Waals surface area contributed by atoms with Crippen molar-refractivity contribution < 1.29 is 4.79 Å². The highest BCUT2D eigenvalue weighted by atomic mass is 16.1. The van der Waals surface area contributed by atoms with Crippen LogP contribution in [0.1, 0.15) is 35.3 Å². The van der Waals surface area contributed by atoms with Gasteiger partial charge in [0.05, 0.1) is 5.54 Å². The van der Waals surface area contributed by atoms with Gasteiger partial charge in [-0.1, -0.05) is 54.6 Å². The summed E-state index contributed by atoms with van der Waals surface area (Å²) in [5, 5.41) is 0. The Bertz CT molecular complexity index is 669. The van der Waals surface area contributed by atoms with Crippen LogP contribution in [0, 0.1) is 0 Å². The Balaban J connectivity index is 2.20. The second-order valence-corrected chi connectivity index (χ2v) is 5.26. The average Bonchev–Trinajstić information content (AvgIpc) is 2.44. The number of carbonyl (C=O) groups is 1. The molecule has 0 bridgehead atoms. The van der Waals surface area contributed by atoms with Gasteiger partial charge in [-0.2, -0.15) is 0 Å². The molecule has 0 saturated carbocycles. The Labute approximate surface area is 112 Å². The van der Waals surface area contributed by atoms with Crippen molar-refractivity contribution in [2.75, 3.05) is 0 Å². The Morgan fingerprint density at radius 1 is 0.895 bits per heavy atom. The maximum Gasteiger partial charge on any atom is 0.211 e. The van der Waals surface area contributed by atoms with Crippen LogP contribution >= 0.6 is 0 Å². The van der Waals surface area contributed by atoms with Gasteiger partial charge in [0.15, 0.2) is 0 Å². The summed E-state index contributed by atoms with van der Waals surface area (Å²) in [7, 11) is 0. The van der Waals surface area contributed by atoms with Crippen LogP contribution in [0.2, 0.25) is 0 Å². The molecule has 0 aliphatic carbocycles. The fraction of sp³-hybridized carbons (Fsp3) is 0.176. The summed E-state index contributed by atoms with van der Waals surface area (Å²) in [5.41, 5.74) is 2.84. The molecule has 0 radical (unpaired) electrons. The molecule has 2 aromatic rings. The van der Waals surface area contributed by atoms with Gasteiger partial charge in [-0.05, 0) is 19.4 Å². The minimum Gasteiger partial charge on any atom is -0.287 e. The molecular formula is C17H15NO. The monoisotopic (exact) mass is 249 g/mol. The van der Waals surface area contributed by atoms with Gasteiger partial charge in [0.1, 0.15) is 5.71 Å². The zero-order valence-electron chi connectivity index (χ0n) is 11.1. The third kappa shape index (κ3) is 1.89. The van der Waals surface area contributed by atoms with E-state index < -0.39 is 0 Å². The largest absolute Gasteiger partial charge is 0.287 e. The Hall–Kier alpha value is -2.22. The molecule has 19 heavy (non-hydrogen) atoms. The van der Waals surface area contributed by atoms with Crippen molar-refractivity contribution in [3.8, 4) is 0 Å². The second kappa shape index (κ2) is 4.16. The fourth-order valence-corrected chi connectivity index (χ4v) is 2.52. The Kier molecular flexibility index (Phi) is 2.59. The average molecular weight is 249 g/mol. The maximum atomic E-state index is 12.6. The lowest BCUT2D eigenvalue weighted by atomic mass is 9.83. The van der Waals surface area contributed by atoms with Gasteiger partial charge >= 0.3 is 0 Å². The number of rotatable bonds is 1. The molecule has 0 atom stereocenters. The van der Waals surface area contributed by atoms with E-state index in [1.807, 2.05) is 68.4 Å². The van der Waals surface area contributed by atoms with Crippen molar-refractivity contribution in [3.05, 3.63) is 71.3 Å². The highest BCUT2D eigenvalue weighted by Crippen LogP contribution is 2.33. The topological polar surface area (TPSA) is 29.4 Å². The molecule has 0 amide bonds. The summed E-state index contributed by atoms with van der Waals surface area (Å²) >= 11 is 0. The van der Waals surface area contributed by atoms with Crippen LogP contribution in [0.3, 0.4) is 0 Å². The lowest BCUT2D eigenvalue weighted by Crippen LogP contribution is -2.31. The van der Waals surface area contributed by atoms with Crippen LogP contribution in [0.25, 0.3) is 0 Å². The van der Waals surface area contributed by atoms with E-state index in [1.54, 1.807) is 0 Å². The molecule has 3 rings (SSSR count). The predicted molar refractivity (Wildman–Crippen MR) is 76.8 cm³/mol. The molecule has 1 heterocycles. The van der Waals surface area contributed by atoms with E-state index in [1.165, 1.54) is 0 Å². The van der Waals surface area contributed by atoms with E-state index in [2.05, 4.69) is 4.99 Å². The molecule has 94 valence electrons. The van der Waals surface area contributed by atoms with Crippen LogP contribution in [-0.2, 0) is 5.54 Å². The van der Waals surface area contributed by atoms with E-state index in [9.17, 15) is 4.79 Å². The minimum atomic E-state index is -0.365. The SMILES string of the molecule is CC1(C)N=C(c2ccccc2)C(=O)c2ccccc21. The first-order chi connectivity index (χ1) is 9.09. The van der Waals surface area contributed by atoms with Gasteiger partial charge in [-0.3, -0.25) is 9.79 Å². The highest BCUT2D eigenvalue weighted by Gasteiger charge is 2.33. The van der Waals surface area contributed by atoms with Crippen LogP contribution in [-0.4, -0.2) is 11.5 Å². The van der Waals surface area contributed by atoms with Crippen LogP contribution in [0.4, 0.5) is 0 Å². The normalized spacial score (nSPS) is 16.7. The van der Waals surface area contributed by atoms with E-state index in [-0.39, 0.29) is 11.3 Å². The van der Waals surface area contributed by atoms with E-state index in [4.69, 9.17) is 0 Å². The maximum absolute atomic E-state index is 12.6. The van der Waals surface area contributed by atoms with E-state index >= 15 is 0 Å². The zero-order valence-corrected chi connectivity index (χ0v) is 11.1. The summed E-state index contributed by atoms with van der Waals surface area (Å²) in [6, 6.07) is 17.4. The molecule has 0 unspecified atom stereocenters. The van der Waals surface area contributed by atoms with Gasteiger partial charge in [0, 0.05) is 11.1 Å². The summed E-state index contributed by atoms with van der Waals surface area (Å²) in [5.74, 6) is 0.0149. The lowest BCUT2D eigenvalue weighted by molar-refractivity contribution is 0.105. The first kappa shape index (κ1) is 11.8. The van der Waals surface area contributed by atoms with Crippen molar-refractivity contribution in [3.63, 3.8) is 0 Å². The number of Topliss-reactive ketones (excluding diaryl/α,β-unsaturated/α-hetero) is 1. The number of carbonyl (C=O) groups excluding carboxylic acids is 1. The first-order valence-corrected chi connectivity index (χ1v) is 6.39. The number of aliphatic imine (C=N–C) groups is 1. The number of nitrogens with zero attached hydrogens (tertiary/aromatic N) is 1. The molecule has 0 fully saturated rings.